The molecule has 1 amide bonds. The molecule has 0 fully saturated rings. The van der Waals surface area contributed by atoms with E-state index < -0.39 is 24.0 Å². The largest absolute Gasteiger partial charge is 0.480 e. The normalized spacial score (nSPS) is 19.3. The number of hydrogen-bond donors (Lipinski definition) is 2. The highest BCUT2D eigenvalue weighted by molar-refractivity contribution is 6.27. The SMILES string of the molecule is O=C(O)[C@@H]1Cc2c([nH]c3ccccc23)C(c2ccncc2)N1C(=O)CCl. The van der Waals surface area contributed by atoms with Crippen molar-refractivity contribution in [3.05, 3.63) is 65.6 Å². The molecule has 2 atom stereocenters. The summed E-state index contributed by atoms with van der Waals surface area (Å²) in [4.78, 5) is 33.3. The van der Waals surface area contributed by atoms with Crippen molar-refractivity contribution in [2.45, 2.75) is 18.5 Å². The molecule has 26 heavy (non-hydrogen) atoms. The van der Waals surface area contributed by atoms with Gasteiger partial charge >= 0.3 is 5.97 Å². The third-order valence-electron chi connectivity index (χ3n) is 4.84. The fourth-order valence-electron chi connectivity index (χ4n) is 3.75. The number of nitrogens with zero attached hydrogens (tertiary/aromatic N) is 2. The second kappa shape index (κ2) is 6.46. The average Bonchev–Trinajstić information content (AvgIpc) is 3.04. The summed E-state index contributed by atoms with van der Waals surface area (Å²) < 4.78 is 0. The lowest BCUT2D eigenvalue weighted by Crippen LogP contribution is -2.52. The molecule has 0 saturated heterocycles. The van der Waals surface area contributed by atoms with Crippen LogP contribution in [0.2, 0.25) is 0 Å². The van der Waals surface area contributed by atoms with Crippen LogP contribution in [0.15, 0.2) is 48.8 Å². The first-order valence-electron chi connectivity index (χ1n) is 8.21. The molecular weight excluding hydrogens is 354 g/mol. The second-order valence-electron chi connectivity index (χ2n) is 6.24. The maximum Gasteiger partial charge on any atom is 0.326 e. The zero-order valence-corrected chi connectivity index (χ0v) is 14.5. The van der Waals surface area contributed by atoms with Gasteiger partial charge in [0.05, 0.1) is 6.04 Å². The van der Waals surface area contributed by atoms with Gasteiger partial charge in [-0.05, 0) is 29.3 Å². The molecule has 1 aliphatic rings. The number of para-hydroxylation sites is 1. The van der Waals surface area contributed by atoms with Gasteiger partial charge in [-0.25, -0.2) is 4.79 Å². The molecule has 132 valence electrons. The Labute approximate surface area is 154 Å². The number of pyridine rings is 1. The zero-order chi connectivity index (χ0) is 18.3. The fourth-order valence-corrected chi connectivity index (χ4v) is 3.89. The van der Waals surface area contributed by atoms with E-state index in [2.05, 4.69) is 9.97 Å². The van der Waals surface area contributed by atoms with Crippen LogP contribution in [0.25, 0.3) is 10.9 Å². The number of fused-ring (bicyclic) bond motifs is 3. The molecule has 0 spiro atoms. The molecule has 1 aromatic carbocycles. The highest BCUT2D eigenvalue weighted by atomic mass is 35.5. The van der Waals surface area contributed by atoms with Crippen LogP contribution >= 0.6 is 11.6 Å². The van der Waals surface area contributed by atoms with Gasteiger partial charge in [0.1, 0.15) is 11.9 Å². The van der Waals surface area contributed by atoms with Gasteiger partial charge in [0.15, 0.2) is 0 Å². The number of carboxylic acid groups (broad SMARTS) is 1. The maximum absolute atomic E-state index is 12.6. The van der Waals surface area contributed by atoms with Gasteiger partial charge in [-0.2, -0.15) is 0 Å². The number of H-pyrrole nitrogens is 1. The van der Waals surface area contributed by atoms with E-state index in [1.165, 1.54) is 4.90 Å². The number of rotatable bonds is 3. The second-order valence-corrected chi connectivity index (χ2v) is 6.51. The first kappa shape index (κ1) is 16.6. The predicted octanol–water partition coefficient (Wildman–Crippen LogP) is 2.73. The number of carboxylic acids is 1. The van der Waals surface area contributed by atoms with Gasteiger partial charge < -0.3 is 15.0 Å². The van der Waals surface area contributed by atoms with E-state index in [1.54, 1.807) is 24.5 Å². The molecular formula is C19H16ClN3O3. The molecule has 1 aliphatic heterocycles. The zero-order valence-electron chi connectivity index (χ0n) is 13.7. The van der Waals surface area contributed by atoms with Crippen molar-refractivity contribution in [2.24, 2.45) is 0 Å². The van der Waals surface area contributed by atoms with Crippen LogP contribution in [-0.4, -0.2) is 43.8 Å². The number of hydrogen-bond acceptors (Lipinski definition) is 3. The van der Waals surface area contributed by atoms with Crippen LogP contribution in [0, 0.1) is 0 Å². The third kappa shape index (κ3) is 2.54. The molecule has 4 rings (SSSR count). The van der Waals surface area contributed by atoms with Crippen molar-refractivity contribution < 1.29 is 14.7 Å². The van der Waals surface area contributed by atoms with Crippen LogP contribution in [0.3, 0.4) is 0 Å². The lowest BCUT2D eigenvalue weighted by atomic mass is 9.88. The van der Waals surface area contributed by atoms with Gasteiger partial charge in [-0.1, -0.05) is 18.2 Å². The molecule has 1 unspecified atom stereocenters. The summed E-state index contributed by atoms with van der Waals surface area (Å²) in [5.41, 5.74) is 3.46. The van der Waals surface area contributed by atoms with Crippen LogP contribution < -0.4 is 0 Å². The molecule has 3 heterocycles. The highest BCUT2D eigenvalue weighted by Gasteiger charge is 2.43. The van der Waals surface area contributed by atoms with Gasteiger partial charge in [-0.3, -0.25) is 9.78 Å². The van der Waals surface area contributed by atoms with E-state index in [4.69, 9.17) is 11.6 Å². The number of carbonyl (C=O) groups excluding carboxylic acids is 1. The van der Waals surface area contributed by atoms with Crippen LogP contribution in [0.4, 0.5) is 0 Å². The topological polar surface area (TPSA) is 86.3 Å². The van der Waals surface area contributed by atoms with Gasteiger partial charge in [0.2, 0.25) is 5.91 Å². The molecule has 6 nitrogen and oxygen atoms in total. The van der Waals surface area contributed by atoms with E-state index in [-0.39, 0.29) is 12.3 Å². The Morgan fingerprint density at radius 3 is 2.65 bits per heavy atom. The van der Waals surface area contributed by atoms with Crippen molar-refractivity contribution in [1.82, 2.24) is 14.9 Å². The van der Waals surface area contributed by atoms with E-state index >= 15 is 0 Å². The molecule has 2 aromatic heterocycles. The van der Waals surface area contributed by atoms with Crippen LogP contribution in [-0.2, 0) is 16.0 Å². The summed E-state index contributed by atoms with van der Waals surface area (Å²) >= 11 is 5.81. The number of benzene rings is 1. The van der Waals surface area contributed by atoms with Crippen molar-refractivity contribution in [2.75, 3.05) is 5.88 Å². The summed E-state index contributed by atoms with van der Waals surface area (Å²) in [5.74, 6) is -1.73. The van der Waals surface area contributed by atoms with Crippen molar-refractivity contribution >= 4 is 34.4 Å². The predicted molar refractivity (Wildman–Crippen MR) is 97.1 cm³/mol. The minimum atomic E-state index is -1.04. The van der Waals surface area contributed by atoms with E-state index in [9.17, 15) is 14.7 Å². The standard InChI is InChI=1S/C19H16ClN3O3/c20-10-16(24)23-15(19(25)26)9-13-12-3-1-2-4-14(12)22-17(13)18(23)11-5-7-21-8-6-11/h1-8,15,18,22H,9-10H2,(H,25,26)/t15-,18?/m0/s1. The molecule has 0 bridgehead atoms. The molecule has 0 radical (unpaired) electrons. The minimum absolute atomic E-state index is 0.235. The third-order valence-corrected chi connectivity index (χ3v) is 5.07. The summed E-state index contributed by atoms with van der Waals surface area (Å²) in [5, 5.41) is 10.8. The van der Waals surface area contributed by atoms with Crippen molar-refractivity contribution in [3.8, 4) is 0 Å². The Hall–Kier alpha value is -2.86. The lowest BCUT2D eigenvalue weighted by Gasteiger charge is -2.40. The van der Waals surface area contributed by atoms with Crippen LogP contribution in [0.5, 0.6) is 0 Å². The number of nitrogens with one attached hydrogen (secondary N) is 1. The quantitative estimate of drug-likeness (QED) is 0.695. The van der Waals surface area contributed by atoms with E-state index in [0.717, 1.165) is 27.7 Å². The Balaban J connectivity index is 1.99. The van der Waals surface area contributed by atoms with Crippen molar-refractivity contribution in [1.29, 1.82) is 0 Å². The van der Waals surface area contributed by atoms with Gasteiger partial charge in [0, 0.05) is 35.4 Å². The first-order valence-corrected chi connectivity index (χ1v) is 8.74. The smallest absolute Gasteiger partial charge is 0.326 e. The van der Waals surface area contributed by atoms with Gasteiger partial charge in [-0.15, -0.1) is 11.6 Å². The van der Waals surface area contributed by atoms with Crippen molar-refractivity contribution in [3.63, 3.8) is 0 Å². The Morgan fingerprint density at radius 2 is 1.96 bits per heavy atom. The average molecular weight is 370 g/mol. The summed E-state index contributed by atoms with van der Waals surface area (Å²) in [6, 6.07) is 9.80. The number of carbonyl (C=O) groups is 2. The molecule has 2 N–H and O–H groups in total. The maximum atomic E-state index is 12.6. The number of aromatic nitrogens is 2. The molecule has 0 aliphatic carbocycles. The van der Waals surface area contributed by atoms with E-state index in [1.807, 2.05) is 24.3 Å². The summed E-state index contributed by atoms with van der Waals surface area (Å²) in [6.45, 7) is 0. The fraction of sp³-hybridized carbons (Fsp3) is 0.211. The lowest BCUT2D eigenvalue weighted by molar-refractivity contribution is -0.151. The Kier molecular flexibility index (Phi) is 4.12. The minimum Gasteiger partial charge on any atom is -0.480 e. The number of halogens is 1. The number of amides is 1. The Morgan fingerprint density at radius 1 is 1.23 bits per heavy atom. The summed E-state index contributed by atoms with van der Waals surface area (Å²) in [7, 11) is 0. The van der Waals surface area contributed by atoms with E-state index in [0.29, 0.717) is 0 Å². The number of aliphatic carboxylic acids is 1. The Bertz CT molecular complexity index is 986. The summed E-state index contributed by atoms with van der Waals surface area (Å²) in [6.07, 6.45) is 3.50. The number of alkyl halides is 1. The molecule has 3 aromatic rings. The molecule has 7 heteroatoms. The monoisotopic (exact) mass is 369 g/mol. The number of aromatic amines is 1. The first-order chi connectivity index (χ1) is 12.6. The van der Waals surface area contributed by atoms with Gasteiger partial charge in [0.25, 0.3) is 0 Å². The molecule has 0 saturated carbocycles. The van der Waals surface area contributed by atoms with Crippen LogP contribution in [0.1, 0.15) is 22.9 Å². The highest BCUT2D eigenvalue weighted by Crippen LogP contribution is 2.40.